The van der Waals surface area contributed by atoms with E-state index >= 15 is 0 Å². The van der Waals surface area contributed by atoms with E-state index in [2.05, 4.69) is 21.6 Å². The number of β-amino-alcohol motifs (C(OH)–C–C–N with tert-alkyl or cyclic N) is 1. The van der Waals surface area contributed by atoms with Crippen molar-refractivity contribution in [1.29, 1.82) is 0 Å². The summed E-state index contributed by atoms with van der Waals surface area (Å²) in [7, 11) is 0. The van der Waals surface area contributed by atoms with Crippen LogP contribution in [-0.4, -0.2) is 58.4 Å². The molecule has 10 heteroatoms. The number of fused-ring (bicyclic) bond motifs is 1. The molecular formula is C17H16F3N3O4. The number of nitrogens with one attached hydrogen (secondary N) is 2. The van der Waals surface area contributed by atoms with Crippen molar-refractivity contribution in [3.8, 4) is 5.75 Å². The molecule has 0 spiro atoms. The number of hydrogen-bond acceptors (Lipinski definition) is 4. The smallest absolute Gasteiger partial charge is 0.406 e. The van der Waals surface area contributed by atoms with Crippen molar-refractivity contribution in [3.63, 3.8) is 0 Å². The number of aliphatic hydroxyl groups is 1. The summed E-state index contributed by atoms with van der Waals surface area (Å²) in [6.07, 6.45) is -3.67. The Balaban J connectivity index is 1.63. The van der Waals surface area contributed by atoms with Crippen molar-refractivity contribution < 1.29 is 32.6 Å². The largest absolute Gasteiger partial charge is 0.573 e. The Kier molecular flexibility index (Phi) is 4.60. The Morgan fingerprint density at radius 2 is 2.07 bits per heavy atom. The lowest BCUT2D eigenvalue weighted by Crippen LogP contribution is -2.67. The second-order valence-electron chi connectivity index (χ2n) is 6.29. The number of hydrogen-bond donors (Lipinski definition) is 3. The highest BCUT2D eigenvalue weighted by Gasteiger charge is 2.43. The summed E-state index contributed by atoms with van der Waals surface area (Å²) in [5.41, 5.74) is -0.809. The van der Waals surface area contributed by atoms with Gasteiger partial charge in [0.2, 0.25) is 5.91 Å². The molecule has 0 unspecified atom stereocenters. The van der Waals surface area contributed by atoms with Crippen molar-refractivity contribution in [1.82, 2.24) is 15.2 Å². The third-order valence-electron chi connectivity index (χ3n) is 4.11. The van der Waals surface area contributed by atoms with E-state index in [1.807, 2.05) is 0 Å². The van der Waals surface area contributed by atoms with Gasteiger partial charge in [0, 0.05) is 17.0 Å². The number of nitrogens with zero attached hydrogens (tertiary/aromatic N) is 1. The van der Waals surface area contributed by atoms with E-state index in [1.165, 1.54) is 17.0 Å². The Bertz CT molecular complexity index is 900. The van der Waals surface area contributed by atoms with Crippen LogP contribution in [0, 0.1) is 0 Å². The minimum Gasteiger partial charge on any atom is -0.406 e. The molecule has 2 amide bonds. The third kappa shape index (κ3) is 4.22. The molecule has 2 aromatic rings. The van der Waals surface area contributed by atoms with Crippen molar-refractivity contribution in [2.45, 2.75) is 12.0 Å². The fourth-order valence-corrected chi connectivity index (χ4v) is 2.83. The van der Waals surface area contributed by atoms with Gasteiger partial charge in [0.25, 0.3) is 5.91 Å². The van der Waals surface area contributed by atoms with Gasteiger partial charge in [-0.1, -0.05) is 6.58 Å². The quantitative estimate of drug-likeness (QED) is 0.683. The van der Waals surface area contributed by atoms with Crippen LogP contribution in [0.3, 0.4) is 0 Å². The number of amides is 2. The first-order chi connectivity index (χ1) is 12.6. The maximum absolute atomic E-state index is 12.3. The summed E-state index contributed by atoms with van der Waals surface area (Å²) in [6.45, 7) is 3.42. The number of ether oxygens (including phenoxy) is 1. The minimum atomic E-state index is -4.81. The monoisotopic (exact) mass is 383 g/mol. The highest BCUT2D eigenvalue weighted by Crippen LogP contribution is 2.27. The first-order valence-corrected chi connectivity index (χ1v) is 7.89. The number of aromatic nitrogens is 1. The van der Waals surface area contributed by atoms with Gasteiger partial charge in [-0.15, -0.1) is 13.2 Å². The minimum absolute atomic E-state index is 0.0724. The molecule has 0 bridgehead atoms. The van der Waals surface area contributed by atoms with Crippen molar-refractivity contribution >= 4 is 22.7 Å². The Hall–Kier alpha value is -3.01. The van der Waals surface area contributed by atoms with E-state index in [9.17, 15) is 27.9 Å². The zero-order valence-corrected chi connectivity index (χ0v) is 14.0. The molecule has 1 aliphatic rings. The van der Waals surface area contributed by atoms with Gasteiger partial charge >= 0.3 is 6.36 Å². The molecule has 0 aliphatic carbocycles. The van der Waals surface area contributed by atoms with E-state index < -0.39 is 23.6 Å². The van der Waals surface area contributed by atoms with Crippen molar-refractivity contribution in [2.75, 3.05) is 19.6 Å². The molecule has 144 valence electrons. The summed E-state index contributed by atoms with van der Waals surface area (Å²) in [4.78, 5) is 27.7. The molecule has 1 aromatic carbocycles. The van der Waals surface area contributed by atoms with Gasteiger partial charge in [-0.2, -0.15) is 0 Å². The lowest BCUT2D eigenvalue weighted by Gasteiger charge is -2.45. The summed E-state index contributed by atoms with van der Waals surface area (Å²) < 4.78 is 40.7. The molecule has 0 saturated carbocycles. The molecule has 27 heavy (non-hydrogen) atoms. The van der Waals surface area contributed by atoms with Crippen LogP contribution in [0.2, 0.25) is 0 Å². The number of rotatable bonds is 5. The third-order valence-corrected chi connectivity index (χ3v) is 4.11. The first-order valence-electron chi connectivity index (χ1n) is 7.89. The van der Waals surface area contributed by atoms with Crippen LogP contribution in [0.15, 0.2) is 36.9 Å². The first kappa shape index (κ1) is 18.8. The van der Waals surface area contributed by atoms with Crippen LogP contribution in [0.4, 0.5) is 13.2 Å². The average molecular weight is 383 g/mol. The summed E-state index contributed by atoms with van der Waals surface area (Å²) >= 11 is 0. The van der Waals surface area contributed by atoms with E-state index in [1.54, 1.807) is 0 Å². The number of alkyl halides is 3. The predicted octanol–water partition coefficient (Wildman–Crippen LogP) is 1.56. The molecule has 0 radical (unpaired) electrons. The number of carbonyl (C=O) groups is 2. The second kappa shape index (κ2) is 6.62. The van der Waals surface area contributed by atoms with Crippen LogP contribution in [0.25, 0.3) is 10.9 Å². The maximum Gasteiger partial charge on any atom is 0.573 e. The SMILES string of the molecule is C=CC(=O)N1CC(O)(CNC(=O)c2cc3ccc(OC(F)(F)F)cc3[nH]2)C1. The second-order valence-corrected chi connectivity index (χ2v) is 6.29. The van der Waals surface area contributed by atoms with E-state index in [0.717, 1.165) is 18.2 Å². The van der Waals surface area contributed by atoms with Gasteiger partial charge in [-0.05, 0) is 24.3 Å². The van der Waals surface area contributed by atoms with Gasteiger partial charge in [0.15, 0.2) is 0 Å². The number of halogens is 3. The number of H-pyrrole nitrogens is 1. The summed E-state index contributed by atoms with van der Waals surface area (Å²) in [6, 6.07) is 5.15. The Labute approximate surface area is 151 Å². The summed E-state index contributed by atoms with van der Waals surface area (Å²) in [5, 5.41) is 13.3. The fraction of sp³-hybridized carbons (Fsp3) is 0.294. The van der Waals surface area contributed by atoms with Crippen molar-refractivity contribution in [2.24, 2.45) is 0 Å². The zero-order valence-electron chi connectivity index (χ0n) is 14.0. The molecule has 1 aliphatic heterocycles. The van der Waals surface area contributed by atoms with Gasteiger partial charge in [-0.25, -0.2) is 0 Å². The topological polar surface area (TPSA) is 94.7 Å². The molecule has 3 N–H and O–H groups in total. The standard InChI is InChI=1S/C17H16F3N3O4/c1-2-14(24)23-8-16(26,9-23)7-21-15(25)13-5-10-3-4-11(6-12(10)22-13)27-17(18,19)20/h2-6,22,26H,1,7-9H2,(H,21,25). The van der Waals surface area contributed by atoms with Gasteiger partial charge < -0.3 is 25.0 Å². The van der Waals surface area contributed by atoms with Crippen LogP contribution >= 0.6 is 0 Å². The fourth-order valence-electron chi connectivity index (χ4n) is 2.83. The molecule has 3 rings (SSSR count). The van der Waals surface area contributed by atoms with Gasteiger partial charge in [-0.3, -0.25) is 9.59 Å². The van der Waals surface area contributed by atoms with Crippen LogP contribution < -0.4 is 10.1 Å². The van der Waals surface area contributed by atoms with Crippen LogP contribution in [0.5, 0.6) is 5.75 Å². The van der Waals surface area contributed by atoms with E-state index in [4.69, 9.17) is 0 Å². The average Bonchev–Trinajstić information content (AvgIpc) is 2.98. The number of carbonyl (C=O) groups excluding carboxylic acids is 2. The molecule has 0 atom stereocenters. The number of aromatic amines is 1. The van der Waals surface area contributed by atoms with Gasteiger partial charge in [0.05, 0.1) is 19.6 Å². The lowest BCUT2D eigenvalue weighted by molar-refractivity contribution is -0.274. The Morgan fingerprint density at radius 3 is 2.70 bits per heavy atom. The van der Waals surface area contributed by atoms with Crippen LogP contribution in [-0.2, 0) is 4.79 Å². The molecule has 1 aromatic heterocycles. The molecular weight excluding hydrogens is 367 g/mol. The normalized spacial score (nSPS) is 15.9. The predicted molar refractivity (Wildman–Crippen MR) is 89.0 cm³/mol. The number of benzene rings is 1. The lowest BCUT2D eigenvalue weighted by atomic mass is 9.94. The Morgan fingerprint density at radius 1 is 1.37 bits per heavy atom. The van der Waals surface area contributed by atoms with E-state index in [0.29, 0.717) is 10.9 Å². The number of likely N-dealkylation sites (tertiary alicyclic amines) is 1. The highest BCUT2D eigenvalue weighted by molar-refractivity contribution is 5.98. The highest BCUT2D eigenvalue weighted by atomic mass is 19.4. The maximum atomic E-state index is 12.3. The van der Waals surface area contributed by atoms with E-state index in [-0.39, 0.29) is 31.2 Å². The van der Waals surface area contributed by atoms with Crippen LogP contribution in [0.1, 0.15) is 10.5 Å². The molecule has 1 saturated heterocycles. The molecule has 2 heterocycles. The summed E-state index contributed by atoms with van der Waals surface area (Å²) in [5.74, 6) is -1.25. The molecule has 1 fully saturated rings. The van der Waals surface area contributed by atoms with Crippen molar-refractivity contribution in [3.05, 3.63) is 42.6 Å². The van der Waals surface area contributed by atoms with Gasteiger partial charge in [0.1, 0.15) is 17.0 Å². The zero-order chi connectivity index (χ0) is 19.8. The molecule has 7 nitrogen and oxygen atoms in total.